The number of nitrogens with one attached hydrogen (secondary N) is 1. The quantitative estimate of drug-likeness (QED) is 0.533. The minimum absolute atomic E-state index is 0.159. The van der Waals surface area contributed by atoms with Crippen LogP contribution >= 0.6 is 23.4 Å². The van der Waals surface area contributed by atoms with Crippen molar-refractivity contribution in [2.24, 2.45) is 0 Å². The fourth-order valence-corrected chi connectivity index (χ4v) is 2.45. The molecular formula is C14H14ClN3OS. The highest BCUT2D eigenvalue weighted by Crippen LogP contribution is 2.19. The maximum atomic E-state index is 12.2. The van der Waals surface area contributed by atoms with Gasteiger partial charge >= 0.3 is 0 Å². The zero-order chi connectivity index (χ0) is 14.7. The maximum Gasteiger partial charge on any atom is 0.260 e. The molecule has 0 unspecified atom stereocenters. The lowest BCUT2D eigenvalue weighted by Gasteiger charge is -2.08. The normalized spacial score (nSPS) is 10.4. The van der Waals surface area contributed by atoms with Crippen LogP contribution in [0.4, 0.5) is 5.69 Å². The molecular weight excluding hydrogens is 294 g/mol. The second-order valence-corrected chi connectivity index (χ2v) is 5.52. The second-order valence-electron chi connectivity index (χ2n) is 4.39. The summed E-state index contributed by atoms with van der Waals surface area (Å²) in [6, 6.07) is 5.84. The topological polar surface area (TPSA) is 54.9 Å². The van der Waals surface area contributed by atoms with E-state index in [2.05, 4.69) is 15.3 Å². The minimum Gasteiger partial charge on any atom is -0.322 e. The Kier molecular flexibility index (Phi) is 4.62. The number of rotatable bonds is 3. The predicted octanol–water partition coefficient (Wildman–Crippen LogP) is 3.72. The average Bonchev–Trinajstić information content (AvgIpc) is 2.36. The molecule has 0 spiro atoms. The van der Waals surface area contributed by atoms with Gasteiger partial charge in [-0.25, -0.2) is 9.97 Å². The van der Waals surface area contributed by atoms with Crippen molar-refractivity contribution in [2.75, 3.05) is 11.6 Å². The molecule has 0 aliphatic heterocycles. The first-order valence-electron chi connectivity index (χ1n) is 5.96. The summed E-state index contributed by atoms with van der Waals surface area (Å²) in [7, 11) is 0. The van der Waals surface area contributed by atoms with Crippen LogP contribution < -0.4 is 5.32 Å². The Morgan fingerprint density at radius 1 is 1.25 bits per heavy atom. The number of nitrogens with zero attached hydrogens (tertiary/aromatic N) is 2. The van der Waals surface area contributed by atoms with Gasteiger partial charge in [-0.1, -0.05) is 29.4 Å². The molecule has 0 bridgehead atoms. The first kappa shape index (κ1) is 14.8. The summed E-state index contributed by atoms with van der Waals surface area (Å²) in [6.45, 7) is 3.96. The van der Waals surface area contributed by atoms with Crippen LogP contribution in [0.2, 0.25) is 5.15 Å². The average molecular weight is 308 g/mol. The maximum absolute atomic E-state index is 12.2. The Labute approximate surface area is 127 Å². The Hall–Kier alpha value is -1.59. The number of amides is 1. The molecule has 0 aliphatic rings. The van der Waals surface area contributed by atoms with Gasteiger partial charge in [0.1, 0.15) is 5.15 Å². The monoisotopic (exact) mass is 307 g/mol. The number of thioether (sulfide) groups is 1. The molecule has 0 radical (unpaired) electrons. The van der Waals surface area contributed by atoms with E-state index in [4.69, 9.17) is 11.6 Å². The summed E-state index contributed by atoms with van der Waals surface area (Å²) < 4.78 is 0. The van der Waals surface area contributed by atoms with Crippen LogP contribution in [0.3, 0.4) is 0 Å². The van der Waals surface area contributed by atoms with Crippen LogP contribution in [0.15, 0.2) is 29.6 Å². The summed E-state index contributed by atoms with van der Waals surface area (Å²) >= 11 is 7.38. The molecule has 0 aliphatic carbocycles. The molecule has 0 saturated heterocycles. The summed E-state index contributed by atoms with van der Waals surface area (Å²) in [5.74, 6) is -0.312. The standard InChI is InChI=1S/C14H14ClN3OS/c1-8-4-9(2)6-10(5-8)17-13(19)11-7-16-14(20-3)18-12(11)15/h4-7H,1-3H3,(H,17,19). The molecule has 4 nitrogen and oxygen atoms in total. The lowest BCUT2D eigenvalue weighted by molar-refractivity contribution is 0.102. The van der Waals surface area contributed by atoms with E-state index in [0.29, 0.717) is 5.16 Å². The molecule has 20 heavy (non-hydrogen) atoms. The molecule has 1 amide bonds. The van der Waals surface area contributed by atoms with E-state index in [1.807, 2.05) is 38.3 Å². The predicted molar refractivity (Wildman–Crippen MR) is 82.7 cm³/mol. The number of hydrogen-bond donors (Lipinski definition) is 1. The van der Waals surface area contributed by atoms with Crippen molar-refractivity contribution in [3.63, 3.8) is 0 Å². The van der Waals surface area contributed by atoms with Gasteiger partial charge in [0.15, 0.2) is 5.16 Å². The molecule has 0 atom stereocenters. The van der Waals surface area contributed by atoms with Crippen LogP contribution in [0.5, 0.6) is 0 Å². The molecule has 1 heterocycles. The number of halogens is 1. The number of aromatic nitrogens is 2. The lowest BCUT2D eigenvalue weighted by atomic mass is 10.1. The molecule has 0 saturated carbocycles. The van der Waals surface area contributed by atoms with E-state index in [0.717, 1.165) is 16.8 Å². The van der Waals surface area contributed by atoms with E-state index in [1.54, 1.807) is 0 Å². The largest absolute Gasteiger partial charge is 0.322 e. The van der Waals surface area contributed by atoms with Crippen molar-refractivity contribution >= 4 is 35.0 Å². The van der Waals surface area contributed by atoms with Gasteiger partial charge in [0.05, 0.1) is 5.56 Å². The number of aryl methyl sites for hydroxylation is 2. The fraction of sp³-hybridized carbons (Fsp3) is 0.214. The minimum atomic E-state index is -0.312. The SMILES string of the molecule is CSc1ncc(C(=O)Nc2cc(C)cc(C)c2)c(Cl)n1. The molecule has 0 fully saturated rings. The Morgan fingerprint density at radius 3 is 2.45 bits per heavy atom. The van der Waals surface area contributed by atoms with Gasteiger partial charge in [-0.15, -0.1) is 0 Å². The fourth-order valence-electron chi connectivity index (χ4n) is 1.84. The highest BCUT2D eigenvalue weighted by molar-refractivity contribution is 7.98. The number of anilines is 1. The number of carbonyl (C=O) groups excluding carboxylic acids is 1. The van der Waals surface area contributed by atoms with Crippen LogP contribution in [-0.2, 0) is 0 Å². The lowest BCUT2D eigenvalue weighted by Crippen LogP contribution is -2.14. The number of hydrogen-bond acceptors (Lipinski definition) is 4. The first-order chi connectivity index (χ1) is 9.49. The summed E-state index contributed by atoms with van der Waals surface area (Å²) in [6.07, 6.45) is 3.29. The smallest absolute Gasteiger partial charge is 0.260 e. The van der Waals surface area contributed by atoms with Crippen molar-refractivity contribution in [1.82, 2.24) is 9.97 Å². The third-order valence-corrected chi connectivity index (χ3v) is 3.48. The van der Waals surface area contributed by atoms with E-state index >= 15 is 0 Å². The van der Waals surface area contributed by atoms with Crippen LogP contribution in [0.25, 0.3) is 0 Å². The molecule has 104 valence electrons. The van der Waals surface area contributed by atoms with Crippen molar-refractivity contribution < 1.29 is 4.79 Å². The third kappa shape index (κ3) is 3.49. The van der Waals surface area contributed by atoms with Gasteiger partial charge in [0.2, 0.25) is 0 Å². The van der Waals surface area contributed by atoms with E-state index < -0.39 is 0 Å². The highest BCUT2D eigenvalue weighted by Gasteiger charge is 2.13. The molecule has 2 rings (SSSR count). The molecule has 1 aromatic carbocycles. The molecule has 6 heteroatoms. The Balaban J connectivity index is 2.23. The van der Waals surface area contributed by atoms with Crippen molar-refractivity contribution in [3.8, 4) is 0 Å². The van der Waals surface area contributed by atoms with E-state index in [-0.39, 0.29) is 16.6 Å². The Morgan fingerprint density at radius 2 is 1.90 bits per heavy atom. The van der Waals surface area contributed by atoms with Gasteiger partial charge in [-0.2, -0.15) is 0 Å². The van der Waals surface area contributed by atoms with Crippen LogP contribution in [0.1, 0.15) is 21.5 Å². The third-order valence-electron chi connectivity index (χ3n) is 2.63. The summed E-state index contributed by atoms with van der Waals surface area (Å²) in [4.78, 5) is 20.3. The van der Waals surface area contributed by atoms with Crippen molar-refractivity contribution in [1.29, 1.82) is 0 Å². The summed E-state index contributed by atoms with van der Waals surface area (Å²) in [5, 5.41) is 3.51. The molecule has 2 aromatic rings. The summed E-state index contributed by atoms with van der Waals surface area (Å²) in [5.41, 5.74) is 3.17. The molecule has 1 N–H and O–H groups in total. The highest BCUT2D eigenvalue weighted by atomic mass is 35.5. The Bertz CT molecular complexity index is 641. The van der Waals surface area contributed by atoms with E-state index in [9.17, 15) is 4.79 Å². The first-order valence-corrected chi connectivity index (χ1v) is 7.56. The second kappa shape index (κ2) is 6.24. The van der Waals surface area contributed by atoms with E-state index in [1.165, 1.54) is 18.0 Å². The van der Waals surface area contributed by atoms with Crippen molar-refractivity contribution in [2.45, 2.75) is 19.0 Å². The van der Waals surface area contributed by atoms with Gasteiger partial charge < -0.3 is 5.32 Å². The zero-order valence-corrected chi connectivity index (χ0v) is 13.0. The van der Waals surface area contributed by atoms with Gasteiger partial charge in [0, 0.05) is 11.9 Å². The van der Waals surface area contributed by atoms with Gasteiger partial charge in [-0.05, 0) is 43.4 Å². The molecule has 1 aromatic heterocycles. The van der Waals surface area contributed by atoms with Crippen LogP contribution in [-0.4, -0.2) is 22.1 Å². The van der Waals surface area contributed by atoms with Crippen LogP contribution in [0, 0.1) is 13.8 Å². The van der Waals surface area contributed by atoms with Crippen molar-refractivity contribution in [3.05, 3.63) is 46.2 Å². The number of carbonyl (C=O) groups is 1. The van der Waals surface area contributed by atoms with Gasteiger partial charge in [0.25, 0.3) is 5.91 Å². The zero-order valence-electron chi connectivity index (χ0n) is 11.4. The van der Waals surface area contributed by atoms with Gasteiger partial charge in [-0.3, -0.25) is 4.79 Å². The number of benzene rings is 1.